The van der Waals surface area contributed by atoms with Gasteiger partial charge in [0.05, 0.1) is 17.3 Å². The molecular weight excluding hydrogens is 426 g/mol. The van der Waals surface area contributed by atoms with Gasteiger partial charge < -0.3 is 21.3 Å². The lowest BCUT2D eigenvalue weighted by Gasteiger charge is -2.29. The van der Waals surface area contributed by atoms with Crippen molar-refractivity contribution in [1.29, 1.82) is 0 Å². The topological polar surface area (TPSA) is 101 Å². The van der Waals surface area contributed by atoms with Gasteiger partial charge in [-0.3, -0.25) is 9.36 Å². The summed E-state index contributed by atoms with van der Waals surface area (Å²) in [6.45, 7) is 3.98. The minimum Gasteiger partial charge on any atom is -0.369 e. The van der Waals surface area contributed by atoms with Gasteiger partial charge in [-0.2, -0.15) is 4.98 Å². The van der Waals surface area contributed by atoms with Crippen LogP contribution < -0.4 is 21.3 Å². The van der Waals surface area contributed by atoms with Gasteiger partial charge in [-0.05, 0) is 30.3 Å². The molecule has 1 fully saturated rings. The molecule has 0 aliphatic carbocycles. The summed E-state index contributed by atoms with van der Waals surface area (Å²) in [5.74, 6) is 0.357. The lowest BCUT2D eigenvalue weighted by molar-refractivity contribution is 0.100. The molecule has 0 radical (unpaired) electrons. The predicted molar refractivity (Wildman–Crippen MR) is 127 cm³/mol. The monoisotopic (exact) mass is 447 g/mol. The third-order valence-electron chi connectivity index (χ3n) is 5.54. The highest BCUT2D eigenvalue weighted by atomic mass is 35.5. The molecule has 9 heteroatoms. The Hall–Kier alpha value is -3.62. The third kappa shape index (κ3) is 3.86. The minimum atomic E-state index is -0.506. The van der Waals surface area contributed by atoms with Crippen LogP contribution in [0.2, 0.25) is 5.02 Å². The molecule has 2 aromatic heterocycles. The van der Waals surface area contributed by atoms with E-state index in [1.165, 1.54) is 5.69 Å². The highest BCUT2D eigenvalue weighted by molar-refractivity contribution is 6.32. The Morgan fingerprint density at radius 3 is 2.59 bits per heavy atom. The van der Waals surface area contributed by atoms with Gasteiger partial charge in [-0.15, -0.1) is 0 Å². The predicted octanol–water partition coefficient (Wildman–Crippen LogP) is 3.33. The summed E-state index contributed by atoms with van der Waals surface area (Å²) in [5, 5.41) is 7.70. The first-order valence-electron chi connectivity index (χ1n) is 10.4. The SMILES string of the molecule is NC(=O)c1cn(-c2nc(Nc3ccc(N4CCNCC4)cc3)ncc2Cl)c2ccccc12. The van der Waals surface area contributed by atoms with Crippen LogP contribution in [0.15, 0.2) is 60.9 Å². The first-order chi connectivity index (χ1) is 15.6. The standard InChI is InChI=1S/C23H22ClN7O/c24-19-13-27-23(28-15-5-7-16(8-6-15)30-11-9-26-10-12-30)29-22(19)31-14-18(21(25)32)17-3-1-2-4-20(17)31/h1-8,13-14,26H,9-12H2,(H2,25,32)(H,27,28,29). The molecule has 4 N–H and O–H groups in total. The van der Waals surface area contributed by atoms with E-state index in [2.05, 4.69) is 37.6 Å². The van der Waals surface area contributed by atoms with Gasteiger partial charge in [-0.1, -0.05) is 29.8 Å². The summed E-state index contributed by atoms with van der Waals surface area (Å²) in [6, 6.07) is 15.7. The number of hydrogen-bond donors (Lipinski definition) is 3. The van der Waals surface area contributed by atoms with Crippen LogP contribution in [0.25, 0.3) is 16.7 Å². The van der Waals surface area contributed by atoms with Gasteiger partial charge in [0.2, 0.25) is 5.95 Å². The minimum absolute atomic E-state index is 0.362. The number of hydrogen-bond acceptors (Lipinski definition) is 6. The molecule has 0 bridgehead atoms. The second-order valence-corrected chi connectivity index (χ2v) is 7.98. The molecule has 8 nitrogen and oxygen atoms in total. The van der Waals surface area contributed by atoms with Crippen molar-refractivity contribution in [2.45, 2.75) is 0 Å². The number of rotatable bonds is 5. The number of halogens is 1. The van der Waals surface area contributed by atoms with Crippen molar-refractivity contribution in [1.82, 2.24) is 19.9 Å². The lowest BCUT2D eigenvalue weighted by Crippen LogP contribution is -2.43. The number of primary amides is 1. The van der Waals surface area contributed by atoms with E-state index in [9.17, 15) is 4.79 Å². The maximum atomic E-state index is 11.9. The van der Waals surface area contributed by atoms with E-state index < -0.39 is 5.91 Å². The maximum absolute atomic E-state index is 11.9. The van der Waals surface area contributed by atoms with Crippen molar-refractivity contribution in [3.63, 3.8) is 0 Å². The number of fused-ring (bicyclic) bond motifs is 1. The van der Waals surface area contributed by atoms with Crippen LogP contribution in [-0.2, 0) is 0 Å². The number of para-hydroxylation sites is 1. The second-order valence-electron chi connectivity index (χ2n) is 7.57. The highest BCUT2D eigenvalue weighted by Crippen LogP contribution is 2.28. The summed E-state index contributed by atoms with van der Waals surface area (Å²) in [7, 11) is 0. The number of aromatic nitrogens is 3. The van der Waals surface area contributed by atoms with Gasteiger partial charge in [0, 0.05) is 49.1 Å². The summed E-state index contributed by atoms with van der Waals surface area (Å²) in [6.07, 6.45) is 3.20. The Morgan fingerprint density at radius 2 is 1.84 bits per heavy atom. The number of nitrogens with zero attached hydrogens (tertiary/aromatic N) is 4. The van der Waals surface area contributed by atoms with Crippen molar-refractivity contribution < 1.29 is 4.79 Å². The third-order valence-corrected chi connectivity index (χ3v) is 5.80. The maximum Gasteiger partial charge on any atom is 0.250 e. The molecule has 1 aliphatic heterocycles. The zero-order chi connectivity index (χ0) is 22.1. The number of piperazine rings is 1. The summed E-state index contributed by atoms with van der Waals surface area (Å²) in [5.41, 5.74) is 8.82. The highest BCUT2D eigenvalue weighted by Gasteiger charge is 2.17. The lowest BCUT2D eigenvalue weighted by atomic mass is 10.2. The fourth-order valence-corrected chi connectivity index (χ4v) is 4.13. The van der Waals surface area contributed by atoms with Gasteiger partial charge in [0.1, 0.15) is 5.02 Å². The average Bonchev–Trinajstić information content (AvgIpc) is 3.21. The van der Waals surface area contributed by atoms with Crippen LogP contribution in [0, 0.1) is 0 Å². The van der Waals surface area contributed by atoms with E-state index in [4.69, 9.17) is 17.3 Å². The molecule has 1 aliphatic rings. The quantitative estimate of drug-likeness (QED) is 0.434. The molecule has 1 amide bonds. The molecule has 162 valence electrons. The number of nitrogens with two attached hydrogens (primary N) is 1. The first-order valence-corrected chi connectivity index (χ1v) is 10.7. The molecule has 1 saturated heterocycles. The van der Waals surface area contributed by atoms with Gasteiger partial charge in [-0.25, -0.2) is 4.98 Å². The van der Waals surface area contributed by atoms with E-state index in [1.54, 1.807) is 17.0 Å². The smallest absolute Gasteiger partial charge is 0.250 e. The molecule has 0 saturated carbocycles. The second kappa shape index (κ2) is 8.49. The summed E-state index contributed by atoms with van der Waals surface area (Å²) < 4.78 is 1.76. The average molecular weight is 448 g/mol. The molecule has 5 rings (SSSR count). The normalized spacial score (nSPS) is 14.0. The Balaban J connectivity index is 1.45. The van der Waals surface area contributed by atoms with Crippen LogP contribution in [0.4, 0.5) is 17.3 Å². The number of carbonyl (C=O) groups is 1. The van der Waals surface area contributed by atoms with Crippen LogP contribution in [0.3, 0.4) is 0 Å². The molecule has 0 atom stereocenters. The Morgan fingerprint density at radius 1 is 1.09 bits per heavy atom. The van der Waals surface area contributed by atoms with E-state index in [1.807, 2.05) is 36.4 Å². The summed E-state index contributed by atoms with van der Waals surface area (Å²) >= 11 is 6.43. The zero-order valence-corrected chi connectivity index (χ0v) is 18.0. The van der Waals surface area contributed by atoms with Gasteiger partial charge >= 0.3 is 0 Å². The van der Waals surface area contributed by atoms with Gasteiger partial charge in [0.15, 0.2) is 5.82 Å². The largest absolute Gasteiger partial charge is 0.369 e. The molecule has 2 aromatic carbocycles. The number of anilines is 3. The molecule has 4 aromatic rings. The van der Waals surface area contributed by atoms with E-state index in [0.29, 0.717) is 22.4 Å². The first kappa shape index (κ1) is 20.3. The number of benzene rings is 2. The molecular formula is C23H22ClN7O. The van der Waals surface area contributed by atoms with E-state index in [0.717, 1.165) is 42.8 Å². The molecule has 0 unspecified atom stereocenters. The number of nitrogens with one attached hydrogen (secondary N) is 2. The fraction of sp³-hybridized carbons (Fsp3) is 0.174. The van der Waals surface area contributed by atoms with Crippen molar-refractivity contribution in [3.05, 3.63) is 71.5 Å². The molecule has 32 heavy (non-hydrogen) atoms. The van der Waals surface area contributed by atoms with Crippen LogP contribution in [0.5, 0.6) is 0 Å². The Bertz CT molecular complexity index is 1280. The molecule has 3 heterocycles. The van der Waals surface area contributed by atoms with Crippen molar-refractivity contribution in [2.24, 2.45) is 5.73 Å². The van der Waals surface area contributed by atoms with Crippen LogP contribution in [0.1, 0.15) is 10.4 Å². The van der Waals surface area contributed by atoms with Crippen molar-refractivity contribution in [2.75, 3.05) is 36.4 Å². The number of amides is 1. The van der Waals surface area contributed by atoms with Crippen LogP contribution in [-0.4, -0.2) is 46.6 Å². The van der Waals surface area contributed by atoms with Crippen molar-refractivity contribution >= 4 is 45.7 Å². The fourth-order valence-electron chi connectivity index (χ4n) is 3.95. The van der Waals surface area contributed by atoms with Crippen molar-refractivity contribution in [3.8, 4) is 5.82 Å². The summed E-state index contributed by atoms with van der Waals surface area (Å²) in [4.78, 5) is 23.2. The van der Waals surface area contributed by atoms with Crippen LogP contribution >= 0.6 is 11.6 Å². The number of carbonyl (C=O) groups excluding carboxylic acids is 1. The Labute approximate surface area is 190 Å². The Kier molecular flexibility index (Phi) is 5.38. The van der Waals surface area contributed by atoms with Gasteiger partial charge in [0.25, 0.3) is 5.91 Å². The van der Waals surface area contributed by atoms with E-state index in [-0.39, 0.29) is 0 Å². The van der Waals surface area contributed by atoms with E-state index >= 15 is 0 Å². The zero-order valence-electron chi connectivity index (χ0n) is 17.3. The molecule has 0 spiro atoms.